The lowest BCUT2D eigenvalue weighted by molar-refractivity contribution is -0.167. The minimum Gasteiger partial charge on any atom is -0.481 e. The van der Waals surface area contributed by atoms with Gasteiger partial charge in [0.05, 0.1) is 35.4 Å². The summed E-state index contributed by atoms with van der Waals surface area (Å²) >= 11 is 0. The van der Waals surface area contributed by atoms with Gasteiger partial charge >= 0.3 is 23.9 Å². The second-order valence-electron chi connectivity index (χ2n) is 10.9. The highest BCUT2D eigenvalue weighted by molar-refractivity contribution is 5.82. The number of esters is 3. The summed E-state index contributed by atoms with van der Waals surface area (Å²) < 4.78 is 21.2. The average Bonchev–Trinajstić information content (AvgIpc) is 2.88. The van der Waals surface area contributed by atoms with Crippen LogP contribution in [0, 0.1) is 22.7 Å². The summed E-state index contributed by atoms with van der Waals surface area (Å²) in [5.41, 5.74) is -1.82. The quantitative estimate of drug-likeness (QED) is 0.157. The third-order valence-electron chi connectivity index (χ3n) is 6.52. The van der Waals surface area contributed by atoms with Crippen molar-refractivity contribution in [3.8, 4) is 0 Å². The standard InChI is InChI=1S/C29H44O10/c1-7-22(24(31)32)15-23(25(33)37-14-13-36-6)16-29(5,19-28(3,4)26(34)38-17-20(2)30)27(35)39-18-21-11-9-8-10-12-21/h8-12,20,22-23,30H,7,13-19H2,1-6H3,(H,31,32). The summed E-state index contributed by atoms with van der Waals surface area (Å²) in [5.74, 6) is -4.76. The number of methoxy groups -OCH3 is 1. The van der Waals surface area contributed by atoms with Gasteiger partial charge < -0.3 is 29.2 Å². The zero-order chi connectivity index (χ0) is 29.6. The molecule has 10 nitrogen and oxygen atoms in total. The molecule has 0 radical (unpaired) electrons. The summed E-state index contributed by atoms with van der Waals surface area (Å²) in [6.07, 6.45) is -0.795. The molecule has 0 spiro atoms. The van der Waals surface area contributed by atoms with Crippen LogP contribution >= 0.6 is 0 Å². The van der Waals surface area contributed by atoms with Crippen molar-refractivity contribution in [3.05, 3.63) is 35.9 Å². The Morgan fingerprint density at radius 2 is 1.56 bits per heavy atom. The van der Waals surface area contributed by atoms with Crippen LogP contribution in [0.3, 0.4) is 0 Å². The number of rotatable bonds is 18. The molecule has 0 saturated carbocycles. The first-order valence-electron chi connectivity index (χ1n) is 13.2. The van der Waals surface area contributed by atoms with E-state index in [-0.39, 0.29) is 52.1 Å². The monoisotopic (exact) mass is 552 g/mol. The SMILES string of the molecule is CCC(CC(CC(C)(CC(C)(C)C(=O)OCC(C)O)C(=O)OCc1ccccc1)C(=O)OCCOC)C(=O)O. The van der Waals surface area contributed by atoms with E-state index in [1.807, 2.05) is 18.2 Å². The second kappa shape index (κ2) is 16.2. The van der Waals surface area contributed by atoms with Crippen molar-refractivity contribution in [2.75, 3.05) is 26.9 Å². The normalized spacial score (nSPS) is 15.4. The number of ether oxygens (including phenoxy) is 4. The van der Waals surface area contributed by atoms with E-state index in [9.17, 15) is 29.4 Å². The Kier molecular flexibility index (Phi) is 14.1. The van der Waals surface area contributed by atoms with Gasteiger partial charge in [-0.2, -0.15) is 0 Å². The number of carboxylic acid groups (broad SMARTS) is 1. The first kappa shape index (κ1) is 34.0. The minimum absolute atomic E-state index is 0.0160. The van der Waals surface area contributed by atoms with Crippen LogP contribution < -0.4 is 0 Å². The van der Waals surface area contributed by atoms with Crippen LogP contribution in [0.5, 0.6) is 0 Å². The van der Waals surface area contributed by atoms with Crippen LogP contribution in [0.1, 0.15) is 65.9 Å². The Morgan fingerprint density at radius 1 is 0.923 bits per heavy atom. The number of hydrogen-bond acceptors (Lipinski definition) is 9. The fourth-order valence-electron chi connectivity index (χ4n) is 4.50. The van der Waals surface area contributed by atoms with E-state index in [4.69, 9.17) is 18.9 Å². The molecule has 0 aromatic heterocycles. The van der Waals surface area contributed by atoms with Crippen LogP contribution in [0.2, 0.25) is 0 Å². The molecule has 0 aliphatic carbocycles. The summed E-state index contributed by atoms with van der Waals surface area (Å²) in [5, 5.41) is 19.2. The third kappa shape index (κ3) is 11.7. The molecule has 0 heterocycles. The zero-order valence-electron chi connectivity index (χ0n) is 23.9. The van der Waals surface area contributed by atoms with E-state index in [0.29, 0.717) is 0 Å². The van der Waals surface area contributed by atoms with Gasteiger partial charge in [0, 0.05) is 7.11 Å². The predicted octanol–water partition coefficient (Wildman–Crippen LogP) is 3.77. The number of hydrogen-bond donors (Lipinski definition) is 2. The number of carboxylic acids is 1. The van der Waals surface area contributed by atoms with Gasteiger partial charge in [-0.25, -0.2) is 0 Å². The van der Waals surface area contributed by atoms with Crippen molar-refractivity contribution in [2.24, 2.45) is 22.7 Å². The first-order chi connectivity index (χ1) is 18.3. The highest BCUT2D eigenvalue weighted by Gasteiger charge is 2.47. The van der Waals surface area contributed by atoms with Gasteiger partial charge in [-0.1, -0.05) is 37.3 Å². The van der Waals surface area contributed by atoms with Gasteiger partial charge in [-0.3, -0.25) is 19.2 Å². The van der Waals surface area contributed by atoms with Crippen LogP contribution in [0.25, 0.3) is 0 Å². The number of aliphatic carboxylic acids is 1. The molecule has 0 saturated heterocycles. The van der Waals surface area contributed by atoms with Crippen molar-refractivity contribution < 1.29 is 48.3 Å². The smallest absolute Gasteiger partial charge is 0.312 e. The van der Waals surface area contributed by atoms with Crippen LogP contribution in [0.15, 0.2) is 30.3 Å². The van der Waals surface area contributed by atoms with Crippen LogP contribution in [-0.2, 0) is 44.7 Å². The molecule has 1 aromatic carbocycles. The Labute approximate surface area is 231 Å². The number of carbonyl (C=O) groups excluding carboxylic acids is 3. The van der Waals surface area contributed by atoms with E-state index in [1.54, 1.807) is 39.8 Å². The molecule has 39 heavy (non-hydrogen) atoms. The molecular formula is C29H44O10. The number of benzene rings is 1. The van der Waals surface area contributed by atoms with E-state index in [1.165, 1.54) is 14.0 Å². The van der Waals surface area contributed by atoms with E-state index >= 15 is 0 Å². The largest absolute Gasteiger partial charge is 0.481 e. The fourth-order valence-corrected chi connectivity index (χ4v) is 4.50. The highest BCUT2D eigenvalue weighted by Crippen LogP contribution is 2.42. The third-order valence-corrected chi connectivity index (χ3v) is 6.52. The predicted molar refractivity (Wildman–Crippen MR) is 142 cm³/mol. The Bertz CT molecular complexity index is 927. The molecule has 0 amide bonds. The van der Waals surface area contributed by atoms with Crippen molar-refractivity contribution >= 4 is 23.9 Å². The fraction of sp³-hybridized carbons (Fsp3) is 0.655. The lowest BCUT2D eigenvalue weighted by Crippen LogP contribution is -2.42. The number of aliphatic hydroxyl groups excluding tert-OH is 1. The zero-order valence-corrected chi connectivity index (χ0v) is 23.9. The molecular weight excluding hydrogens is 508 g/mol. The van der Waals surface area contributed by atoms with Gasteiger partial charge in [0.15, 0.2) is 0 Å². The van der Waals surface area contributed by atoms with Gasteiger partial charge in [-0.15, -0.1) is 0 Å². The first-order valence-corrected chi connectivity index (χ1v) is 13.2. The second-order valence-corrected chi connectivity index (χ2v) is 10.9. The maximum absolute atomic E-state index is 13.6. The maximum atomic E-state index is 13.6. The highest BCUT2D eigenvalue weighted by atomic mass is 16.6. The van der Waals surface area contributed by atoms with Crippen molar-refractivity contribution in [1.29, 1.82) is 0 Å². The van der Waals surface area contributed by atoms with Crippen LogP contribution in [-0.4, -0.2) is 67.1 Å². The summed E-state index contributed by atoms with van der Waals surface area (Å²) in [6, 6.07) is 9.06. The van der Waals surface area contributed by atoms with Gasteiger partial charge in [0.1, 0.15) is 19.8 Å². The minimum atomic E-state index is -1.39. The van der Waals surface area contributed by atoms with E-state index < -0.39 is 52.6 Å². The Hall–Kier alpha value is -2.98. The molecule has 4 unspecified atom stereocenters. The average molecular weight is 553 g/mol. The molecule has 220 valence electrons. The van der Waals surface area contributed by atoms with Crippen LogP contribution in [0.4, 0.5) is 0 Å². The van der Waals surface area contributed by atoms with E-state index in [0.717, 1.165) is 5.56 Å². The molecule has 0 aliphatic heterocycles. The van der Waals surface area contributed by atoms with E-state index in [2.05, 4.69) is 0 Å². The van der Waals surface area contributed by atoms with Gasteiger partial charge in [-0.05, 0) is 58.9 Å². The molecule has 0 bridgehead atoms. The lowest BCUT2D eigenvalue weighted by atomic mass is 9.68. The topological polar surface area (TPSA) is 146 Å². The summed E-state index contributed by atoms with van der Waals surface area (Å²) in [7, 11) is 1.46. The van der Waals surface area contributed by atoms with Crippen molar-refractivity contribution in [3.63, 3.8) is 0 Å². The molecule has 0 fully saturated rings. The van der Waals surface area contributed by atoms with Crippen molar-refractivity contribution in [1.82, 2.24) is 0 Å². The number of aliphatic hydroxyl groups is 1. The molecule has 10 heteroatoms. The Morgan fingerprint density at radius 3 is 2.10 bits per heavy atom. The van der Waals surface area contributed by atoms with Gasteiger partial charge in [0.2, 0.25) is 0 Å². The lowest BCUT2D eigenvalue weighted by Gasteiger charge is -2.36. The molecule has 4 atom stereocenters. The maximum Gasteiger partial charge on any atom is 0.312 e. The van der Waals surface area contributed by atoms with Gasteiger partial charge in [0.25, 0.3) is 0 Å². The molecule has 2 N–H and O–H groups in total. The Balaban J connectivity index is 3.33. The van der Waals surface area contributed by atoms with Crippen molar-refractivity contribution in [2.45, 2.75) is 73.0 Å². The number of carbonyl (C=O) groups is 4. The summed E-state index contributed by atoms with van der Waals surface area (Å²) in [6.45, 7) is 7.92. The molecule has 1 aromatic rings. The summed E-state index contributed by atoms with van der Waals surface area (Å²) in [4.78, 5) is 51.4. The molecule has 1 rings (SSSR count). The molecule has 0 aliphatic rings.